The van der Waals surface area contributed by atoms with Crippen LogP contribution in [0, 0.1) is 5.21 Å². The van der Waals surface area contributed by atoms with Gasteiger partial charge < -0.3 is 5.21 Å². The van der Waals surface area contributed by atoms with Crippen LogP contribution in [0.3, 0.4) is 0 Å². The Kier molecular flexibility index (Phi) is 4.41. The number of imide groups is 1. The van der Waals surface area contributed by atoms with Gasteiger partial charge in [-0.25, -0.2) is 14.5 Å². The average Bonchev–Trinajstić information content (AvgIpc) is 2.32. The maximum atomic E-state index is 12.4. The minimum Gasteiger partial charge on any atom is -0.622 e. The number of hydrogen-bond acceptors (Lipinski definition) is 3. The summed E-state index contributed by atoms with van der Waals surface area (Å²) in [5.41, 5.74) is 0. The van der Waals surface area contributed by atoms with Gasteiger partial charge in [-0.2, -0.15) is 0 Å². The number of nitrogens with zero attached hydrogens (tertiary/aromatic N) is 3. The van der Waals surface area contributed by atoms with Crippen LogP contribution in [-0.4, -0.2) is 52.8 Å². The summed E-state index contributed by atoms with van der Waals surface area (Å²) in [6.07, 6.45) is 4.29. The predicted molar refractivity (Wildman–Crippen MR) is 68.2 cm³/mol. The molecule has 1 rings (SSSR count). The fourth-order valence-electron chi connectivity index (χ4n) is 1.79. The molecule has 0 N–H and O–H groups in total. The molecule has 0 aromatic rings. The van der Waals surface area contributed by atoms with Gasteiger partial charge in [-0.1, -0.05) is 18.7 Å². The minimum atomic E-state index is -1.14. The van der Waals surface area contributed by atoms with Crippen molar-refractivity contribution >= 4 is 12.1 Å². The second-order valence-corrected chi connectivity index (χ2v) is 3.98. The van der Waals surface area contributed by atoms with Crippen molar-refractivity contribution in [2.45, 2.75) is 0 Å². The summed E-state index contributed by atoms with van der Waals surface area (Å²) in [6, 6.07) is -1.27. The van der Waals surface area contributed by atoms with E-state index in [-0.39, 0.29) is 26.3 Å². The monoisotopic (exact) mass is 251 g/mol. The number of amides is 4. The van der Waals surface area contributed by atoms with Gasteiger partial charge in [0, 0.05) is 6.54 Å². The second-order valence-electron chi connectivity index (χ2n) is 3.98. The molecule has 1 aliphatic heterocycles. The van der Waals surface area contributed by atoms with Crippen LogP contribution < -0.4 is 0 Å². The predicted octanol–water partition coefficient (Wildman–Crippen LogP) is 1.67. The number of rotatable bonds is 6. The average molecular weight is 251 g/mol. The largest absolute Gasteiger partial charge is 0.622 e. The first-order chi connectivity index (χ1) is 8.50. The molecule has 1 heterocycles. The van der Waals surface area contributed by atoms with Gasteiger partial charge in [0.25, 0.3) is 0 Å². The summed E-state index contributed by atoms with van der Waals surface area (Å²) in [5, 5.41) is 12.4. The maximum Gasteiger partial charge on any atom is 0.429 e. The SMILES string of the molecule is C=CCN1C[N+]([O-])(CC=C)C(=O)N(CC=C)C1=O. The molecule has 1 unspecified atom stereocenters. The van der Waals surface area contributed by atoms with Gasteiger partial charge in [0.2, 0.25) is 0 Å². The third-order valence-corrected chi connectivity index (χ3v) is 2.57. The quantitative estimate of drug-likeness (QED) is 0.410. The van der Waals surface area contributed by atoms with Crippen molar-refractivity contribution in [3.8, 4) is 0 Å². The van der Waals surface area contributed by atoms with Crippen molar-refractivity contribution < 1.29 is 14.2 Å². The summed E-state index contributed by atoms with van der Waals surface area (Å²) in [4.78, 5) is 26.2. The molecule has 18 heavy (non-hydrogen) atoms. The topological polar surface area (TPSA) is 63.7 Å². The van der Waals surface area contributed by atoms with Crippen LogP contribution in [0.25, 0.3) is 0 Å². The van der Waals surface area contributed by atoms with E-state index >= 15 is 0 Å². The zero-order valence-corrected chi connectivity index (χ0v) is 10.2. The number of hydrogen-bond donors (Lipinski definition) is 0. The lowest BCUT2D eigenvalue weighted by Crippen LogP contribution is -2.68. The highest BCUT2D eigenvalue weighted by Gasteiger charge is 2.44. The lowest BCUT2D eigenvalue weighted by Gasteiger charge is -2.48. The van der Waals surface area contributed by atoms with Crippen molar-refractivity contribution in [3.05, 3.63) is 43.2 Å². The van der Waals surface area contributed by atoms with Gasteiger partial charge in [0.15, 0.2) is 6.67 Å². The molecule has 0 aromatic carbocycles. The second kappa shape index (κ2) is 5.61. The number of hydroxylamine groups is 3. The third-order valence-electron chi connectivity index (χ3n) is 2.57. The van der Waals surface area contributed by atoms with Crippen LogP contribution >= 0.6 is 0 Å². The molecule has 4 amide bonds. The first-order valence-corrected chi connectivity index (χ1v) is 5.52. The zero-order valence-electron chi connectivity index (χ0n) is 10.2. The number of carbonyl (C=O) groups is 2. The number of carbonyl (C=O) groups excluding carboxylic acids is 2. The van der Waals surface area contributed by atoms with E-state index < -0.39 is 16.7 Å². The molecule has 0 spiro atoms. The van der Waals surface area contributed by atoms with Gasteiger partial charge in [0.1, 0.15) is 6.54 Å². The molecular weight excluding hydrogens is 234 g/mol. The minimum absolute atomic E-state index is 0.0185. The van der Waals surface area contributed by atoms with Gasteiger partial charge in [0.05, 0.1) is 6.54 Å². The highest BCUT2D eigenvalue weighted by molar-refractivity contribution is 5.92. The molecular formula is C12H17N3O3. The summed E-state index contributed by atoms with van der Waals surface area (Å²) < 4.78 is -1.14. The Bertz CT molecular complexity index is 394. The van der Waals surface area contributed by atoms with E-state index in [0.29, 0.717) is 0 Å². The first kappa shape index (κ1) is 14.1. The van der Waals surface area contributed by atoms with Crippen molar-refractivity contribution in [3.63, 3.8) is 0 Å². The molecule has 1 atom stereocenters. The summed E-state index contributed by atoms with van der Waals surface area (Å²) in [7, 11) is 0. The highest BCUT2D eigenvalue weighted by Crippen LogP contribution is 2.20. The molecule has 0 aromatic heterocycles. The molecule has 1 saturated heterocycles. The molecule has 1 fully saturated rings. The van der Waals surface area contributed by atoms with E-state index in [1.807, 2.05) is 0 Å². The molecule has 0 saturated carbocycles. The summed E-state index contributed by atoms with van der Waals surface area (Å²) >= 11 is 0. The summed E-state index contributed by atoms with van der Waals surface area (Å²) in [5.74, 6) is 0. The molecule has 98 valence electrons. The van der Waals surface area contributed by atoms with Crippen molar-refractivity contribution in [2.24, 2.45) is 0 Å². The van der Waals surface area contributed by atoms with Crippen LogP contribution in [-0.2, 0) is 0 Å². The lowest BCUT2D eigenvalue weighted by atomic mass is 10.4. The molecule has 6 heteroatoms. The smallest absolute Gasteiger partial charge is 0.429 e. The molecule has 0 bridgehead atoms. The Morgan fingerprint density at radius 1 is 1.17 bits per heavy atom. The Morgan fingerprint density at radius 3 is 2.28 bits per heavy atom. The van der Waals surface area contributed by atoms with E-state index in [4.69, 9.17) is 0 Å². The number of quaternary nitrogens is 1. The molecule has 1 aliphatic rings. The van der Waals surface area contributed by atoms with Gasteiger partial charge in [-0.05, 0) is 6.08 Å². The molecule has 0 aliphatic carbocycles. The maximum absolute atomic E-state index is 12.4. The Balaban J connectivity index is 3.06. The van der Waals surface area contributed by atoms with E-state index in [9.17, 15) is 14.8 Å². The lowest BCUT2D eigenvalue weighted by molar-refractivity contribution is -0.810. The van der Waals surface area contributed by atoms with Gasteiger partial charge >= 0.3 is 12.1 Å². The highest BCUT2D eigenvalue weighted by atomic mass is 16.6. The van der Waals surface area contributed by atoms with Crippen LogP contribution in [0.5, 0.6) is 0 Å². The van der Waals surface area contributed by atoms with E-state index in [1.54, 1.807) is 0 Å². The first-order valence-electron chi connectivity index (χ1n) is 5.52. The normalized spacial score (nSPS) is 24.1. The summed E-state index contributed by atoms with van der Waals surface area (Å²) in [6.45, 7) is 10.4. The Hall–Kier alpha value is -1.92. The standard InChI is InChI=1S/C12H17N3O3/c1-4-7-13-10-15(18,9-6-3)12(17)14(8-5-2)11(13)16/h4-6H,1-3,7-10H2. The van der Waals surface area contributed by atoms with E-state index in [2.05, 4.69) is 19.7 Å². The fraction of sp³-hybridized carbons (Fsp3) is 0.333. The van der Waals surface area contributed by atoms with Gasteiger partial charge in [-0.15, -0.1) is 13.2 Å². The Labute approximate surface area is 106 Å². The third kappa shape index (κ3) is 2.49. The van der Waals surface area contributed by atoms with Crippen molar-refractivity contribution in [1.29, 1.82) is 0 Å². The fourth-order valence-corrected chi connectivity index (χ4v) is 1.79. The Morgan fingerprint density at radius 2 is 1.78 bits per heavy atom. The van der Waals surface area contributed by atoms with Crippen LogP contribution in [0.2, 0.25) is 0 Å². The zero-order chi connectivity index (χ0) is 13.8. The van der Waals surface area contributed by atoms with Crippen LogP contribution in [0.1, 0.15) is 0 Å². The van der Waals surface area contributed by atoms with Crippen LogP contribution in [0.4, 0.5) is 9.59 Å². The van der Waals surface area contributed by atoms with Gasteiger partial charge in [-0.3, -0.25) is 9.55 Å². The van der Waals surface area contributed by atoms with E-state index in [1.165, 1.54) is 23.1 Å². The number of urea groups is 2. The van der Waals surface area contributed by atoms with Crippen molar-refractivity contribution in [1.82, 2.24) is 9.80 Å². The molecule has 6 nitrogen and oxygen atoms in total. The van der Waals surface area contributed by atoms with E-state index in [0.717, 1.165) is 4.90 Å². The van der Waals surface area contributed by atoms with Crippen LogP contribution in [0.15, 0.2) is 38.0 Å². The van der Waals surface area contributed by atoms with Crippen molar-refractivity contribution in [2.75, 3.05) is 26.3 Å². The molecule has 0 radical (unpaired) electrons.